The van der Waals surface area contributed by atoms with Gasteiger partial charge in [-0.15, -0.1) is 0 Å². The highest BCUT2D eigenvalue weighted by atomic mass is 32.1. The Morgan fingerprint density at radius 3 is 2.57 bits per heavy atom. The predicted octanol–water partition coefficient (Wildman–Crippen LogP) is 5.45. The maximum Gasteiger partial charge on any atom is 0.339 e. The van der Waals surface area contributed by atoms with Gasteiger partial charge in [-0.1, -0.05) is 29.5 Å². The monoisotopic (exact) mass is 487 g/mol. The number of halogens is 1. The molecule has 0 unspecified atom stereocenters. The first-order valence-corrected chi connectivity index (χ1v) is 11.4. The summed E-state index contributed by atoms with van der Waals surface area (Å²) in [6.45, 7) is -0.486. The van der Waals surface area contributed by atoms with Crippen LogP contribution in [0.5, 0.6) is 5.75 Å². The minimum Gasteiger partial charge on any atom is -0.497 e. The number of rotatable bonds is 6. The molecule has 5 rings (SSSR count). The number of anilines is 1. The molecule has 7 nitrogen and oxygen atoms in total. The Bertz CT molecular complexity index is 1570. The summed E-state index contributed by atoms with van der Waals surface area (Å²) in [5, 5.41) is 3.64. The average Bonchev–Trinajstić information content (AvgIpc) is 3.28. The Morgan fingerprint density at radius 1 is 0.971 bits per heavy atom. The lowest BCUT2D eigenvalue weighted by Crippen LogP contribution is -2.21. The Kier molecular flexibility index (Phi) is 6.07. The van der Waals surface area contributed by atoms with Crippen LogP contribution in [-0.4, -0.2) is 35.6 Å². The van der Waals surface area contributed by atoms with Gasteiger partial charge in [0.2, 0.25) is 0 Å². The Hall–Kier alpha value is -4.37. The van der Waals surface area contributed by atoms with E-state index < -0.39 is 18.5 Å². The van der Waals surface area contributed by atoms with Crippen molar-refractivity contribution in [2.75, 3.05) is 19.0 Å². The van der Waals surface area contributed by atoms with Gasteiger partial charge in [-0.25, -0.2) is 19.2 Å². The second kappa shape index (κ2) is 9.47. The highest BCUT2D eigenvalue weighted by Crippen LogP contribution is 2.29. The molecule has 0 radical (unpaired) electrons. The number of esters is 1. The van der Waals surface area contributed by atoms with Crippen LogP contribution in [0.15, 0.2) is 72.8 Å². The van der Waals surface area contributed by atoms with E-state index in [-0.39, 0.29) is 11.4 Å². The second-order valence-corrected chi connectivity index (χ2v) is 8.59. The van der Waals surface area contributed by atoms with Crippen LogP contribution < -0.4 is 10.1 Å². The highest BCUT2D eigenvalue weighted by molar-refractivity contribution is 7.22. The van der Waals surface area contributed by atoms with Gasteiger partial charge in [0.15, 0.2) is 11.7 Å². The third-order valence-corrected chi connectivity index (χ3v) is 6.19. The first-order valence-electron chi connectivity index (χ1n) is 10.6. The maximum absolute atomic E-state index is 13.3. The maximum atomic E-state index is 13.3. The van der Waals surface area contributed by atoms with Crippen LogP contribution in [0.25, 0.3) is 32.4 Å². The number of pyridine rings is 1. The van der Waals surface area contributed by atoms with E-state index in [0.717, 1.165) is 10.2 Å². The average molecular weight is 488 g/mol. The molecule has 1 amide bonds. The van der Waals surface area contributed by atoms with Crippen LogP contribution in [0.1, 0.15) is 10.4 Å². The summed E-state index contributed by atoms with van der Waals surface area (Å²) >= 11 is 1.29. The van der Waals surface area contributed by atoms with Crippen molar-refractivity contribution in [1.82, 2.24) is 9.97 Å². The molecule has 35 heavy (non-hydrogen) atoms. The molecule has 2 aromatic heterocycles. The number of carbonyl (C=O) groups excluding carboxylic acids is 2. The normalized spacial score (nSPS) is 10.9. The van der Waals surface area contributed by atoms with E-state index in [1.807, 2.05) is 6.07 Å². The zero-order valence-corrected chi connectivity index (χ0v) is 19.3. The lowest BCUT2D eigenvalue weighted by Gasteiger charge is -2.10. The Balaban J connectivity index is 1.33. The second-order valence-electron chi connectivity index (χ2n) is 7.56. The number of thiazole rings is 1. The third-order valence-electron chi connectivity index (χ3n) is 5.25. The fourth-order valence-electron chi connectivity index (χ4n) is 3.56. The lowest BCUT2D eigenvalue weighted by molar-refractivity contribution is -0.119. The van der Waals surface area contributed by atoms with Gasteiger partial charge in [-0.3, -0.25) is 10.1 Å². The summed E-state index contributed by atoms with van der Waals surface area (Å²) in [7, 11) is 1.58. The van der Waals surface area contributed by atoms with E-state index in [1.54, 1.807) is 61.7 Å². The Morgan fingerprint density at radius 2 is 1.77 bits per heavy atom. The highest BCUT2D eigenvalue weighted by Gasteiger charge is 2.17. The number of aromatic nitrogens is 2. The summed E-state index contributed by atoms with van der Waals surface area (Å²) in [6.07, 6.45) is 0. The molecular formula is C26H18FN3O4S. The van der Waals surface area contributed by atoms with Crippen molar-refractivity contribution in [3.8, 4) is 17.0 Å². The first-order chi connectivity index (χ1) is 17.0. The van der Waals surface area contributed by atoms with Crippen LogP contribution >= 0.6 is 11.3 Å². The fourth-order valence-corrected chi connectivity index (χ4v) is 4.47. The zero-order chi connectivity index (χ0) is 24.4. The van der Waals surface area contributed by atoms with Gasteiger partial charge in [-0.2, -0.15) is 0 Å². The largest absolute Gasteiger partial charge is 0.497 e. The van der Waals surface area contributed by atoms with Crippen molar-refractivity contribution in [1.29, 1.82) is 0 Å². The van der Waals surface area contributed by atoms with Crippen molar-refractivity contribution < 1.29 is 23.5 Å². The van der Waals surface area contributed by atoms with E-state index in [2.05, 4.69) is 15.3 Å². The van der Waals surface area contributed by atoms with Crippen molar-refractivity contribution in [3.05, 3.63) is 84.2 Å². The quantitative estimate of drug-likeness (QED) is 0.320. The van der Waals surface area contributed by atoms with Gasteiger partial charge in [0, 0.05) is 10.9 Å². The molecule has 174 valence electrons. The van der Waals surface area contributed by atoms with E-state index in [0.29, 0.717) is 33.0 Å². The minimum atomic E-state index is -0.670. The van der Waals surface area contributed by atoms with E-state index in [9.17, 15) is 14.0 Å². The standard InChI is InChI=1S/C26H18FN3O4S/c1-33-17-10-11-21-23(12-17)35-26(29-21)30-24(31)14-34-25(32)19-13-22(15-6-8-16(27)9-7-15)28-20-5-3-2-4-18(19)20/h2-13H,14H2,1H3,(H,29,30,31). The molecule has 0 fully saturated rings. The summed E-state index contributed by atoms with van der Waals surface area (Å²) < 4.78 is 24.7. The number of methoxy groups -OCH3 is 1. The number of carbonyl (C=O) groups is 2. The number of nitrogens with one attached hydrogen (secondary N) is 1. The topological polar surface area (TPSA) is 90.4 Å². The fraction of sp³-hybridized carbons (Fsp3) is 0.0769. The molecule has 5 aromatic rings. The predicted molar refractivity (Wildman–Crippen MR) is 132 cm³/mol. The van der Waals surface area contributed by atoms with E-state index in [4.69, 9.17) is 9.47 Å². The third kappa shape index (κ3) is 4.80. The summed E-state index contributed by atoms with van der Waals surface area (Å²) in [4.78, 5) is 34.3. The number of para-hydroxylation sites is 1. The van der Waals surface area contributed by atoms with Crippen molar-refractivity contribution in [2.24, 2.45) is 0 Å². The first kappa shape index (κ1) is 22.4. The molecule has 0 aliphatic rings. The van der Waals surface area contributed by atoms with Crippen LogP contribution in [0.3, 0.4) is 0 Å². The van der Waals surface area contributed by atoms with Crippen LogP contribution in [0, 0.1) is 5.82 Å². The van der Waals surface area contributed by atoms with Crippen molar-refractivity contribution >= 4 is 49.5 Å². The zero-order valence-electron chi connectivity index (χ0n) is 18.4. The van der Waals surface area contributed by atoms with Gasteiger partial charge < -0.3 is 9.47 Å². The number of amides is 1. The van der Waals surface area contributed by atoms with Crippen molar-refractivity contribution in [2.45, 2.75) is 0 Å². The number of fused-ring (bicyclic) bond motifs is 2. The Labute approximate surface area is 203 Å². The van der Waals surface area contributed by atoms with Gasteiger partial charge >= 0.3 is 5.97 Å². The molecule has 0 bridgehead atoms. The van der Waals surface area contributed by atoms with Crippen LogP contribution in [0.4, 0.5) is 9.52 Å². The summed E-state index contributed by atoms with van der Waals surface area (Å²) in [5.74, 6) is -0.859. The molecule has 0 aliphatic heterocycles. The van der Waals surface area contributed by atoms with E-state index >= 15 is 0 Å². The molecule has 1 N–H and O–H groups in total. The minimum absolute atomic E-state index is 0.259. The summed E-state index contributed by atoms with van der Waals surface area (Å²) in [6, 6.07) is 19.9. The van der Waals surface area contributed by atoms with Gasteiger partial charge in [0.05, 0.1) is 34.1 Å². The number of benzene rings is 3. The van der Waals surface area contributed by atoms with Gasteiger partial charge in [-0.05, 0) is 54.6 Å². The van der Waals surface area contributed by atoms with Crippen LogP contribution in [-0.2, 0) is 9.53 Å². The molecule has 0 spiro atoms. The molecule has 0 aliphatic carbocycles. The lowest BCUT2D eigenvalue weighted by atomic mass is 10.0. The van der Waals surface area contributed by atoms with E-state index in [1.165, 1.54) is 23.5 Å². The van der Waals surface area contributed by atoms with Gasteiger partial charge in [0.1, 0.15) is 11.6 Å². The molecule has 0 atom stereocenters. The molecule has 0 saturated heterocycles. The smallest absolute Gasteiger partial charge is 0.339 e. The molecule has 3 aromatic carbocycles. The SMILES string of the molecule is COc1ccc2nc(NC(=O)COC(=O)c3cc(-c4ccc(F)cc4)nc4ccccc34)sc2c1. The van der Waals surface area contributed by atoms with Crippen LogP contribution in [0.2, 0.25) is 0 Å². The number of hydrogen-bond acceptors (Lipinski definition) is 7. The number of hydrogen-bond donors (Lipinski definition) is 1. The molecule has 9 heteroatoms. The molecule has 2 heterocycles. The molecular weight excluding hydrogens is 469 g/mol. The molecule has 0 saturated carbocycles. The number of ether oxygens (including phenoxy) is 2. The summed E-state index contributed by atoms with van der Waals surface area (Å²) in [5.41, 5.74) is 2.70. The van der Waals surface area contributed by atoms with Gasteiger partial charge in [0.25, 0.3) is 5.91 Å². The van der Waals surface area contributed by atoms with Crippen molar-refractivity contribution in [3.63, 3.8) is 0 Å². The number of nitrogens with zero attached hydrogens (tertiary/aromatic N) is 2.